The maximum atomic E-state index is 12.6. The monoisotopic (exact) mass is 1120 g/mol. The maximum Gasteiger partial charge on any atom is 0.220 e. The number of nitrogens with one attached hydrogen (secondary N) is 1. The van der Waals surface area contributed by atoms with Crippen molar-refractivity contribution < 1.29 is 15.0 Å². The average Bonchev–Trinajstić information content (AvgIpc) is 3.47. The summed E-state index contributed by atoms with van der Waals surface area (Å²) in [6, 6.07) is -0.551. The van der Waals surface area contributed by atoms with Crippen molar-refractivity contribution in [3.8, 4) is 0 Å². The predicted molar refractivity (Wildman–Crippen MR) is 363 cm³/mol. The fraction of sp³-hybridized carbons (Fsp3) is 0.727. The number of rotatable bonds is 64. The Morgan fingerprint density at radius 2 is 0.543 bits per heavy atom. The van der Waals surface area contributed by atoms with E-state index in [1.54, 1.807) is 0 Å². The molecule has 0 saturated carbocycles. The van der Waals surface area contributed by atoms with Gasteiger partial charge >= 0.3 is 0 Å². The molecule has 1 amide bonds. The molecule has 0 aromatic rings. The Morgan fingerprint density at radius 1 is 0.309 bits per heavy atom. The number of aliphatic hydroxyl groups excluding tert-OH is 2. The van der Waals surface area contributed by atoms with E-state index in [0.717, 1.165) is 96.3 Å². The summed E-state index contributed by atoms with van der Waals surface area (Å²) in [7, 11) is 0. The molecule has 81 heavy (non-hydrogen) atoms. The number of aliphatic hydroxyl groups is 2. The van der Waals surface area contributed by atoms with Crippen LogP contribution in [0.2, 0.25) is 0 Å². The summed E-state index contributed by atoms with van der Waals surface area (Å²) in [6.45, 7) is 4.27. The van der Waals surface area contributed by atoms with Crippen molar-refractivity contribution in [1.82, 2.24) is 5.32 Å². The number of hydrogen-bond donors (Lipinski definition) is 3. The van der Waals surface area contributed by atoms with Crippen molar-refractivity contribution in [3.63, 3.8) is 0 Å². The second-order valence-corrected chi connectivity index (χ2v) is 23.6. The van der Waals surface area contributed by atoms with Gasteiger partial charge in [0, 0.05) is 6.42 Å². The molecule has 2 unspecified atom stereocenters. The van der Waals surface area contributed by atoms with Crippen LogP contribution >= 0.6 is 0 Å². The largest absolute Gasteiger partial charge is 0.394 e. The third kappa shape index (κ3) is 67.5. The molecule has 0 bridgehead atoms. The Hall–Kier alpha value is -3.21. The lowest BCUT2D eigenvalue weighted by Crippen LogP contribution is -2.45. The molecule has 0 saturated heterocycles. The Labute approximate surface area is 505 Å². The van der Waals surface area contributed by atoms with Gasteiger partial charge in [0.25, 0.3) is 0 Å². The normalized spacial score (nSPS) is 13.5. The Bertz CT molecular complexity index is 1560. The van der Waals surface area contributed by atoms with Crippen molar-refractivity contribution in [2.45, 2.75) is 353 Å². The standard InChI is InChI=1S/C77H135NO3/c1-3-5-7-9-11-13-15-17-19-21-23-25-27-29-31-33-35-36-37-38-39-40-41-42-43-45-47-49-51-53-55-57-59-61-63-65-67-69-71-73-77(81)78-75(74-79)76(80)72-70-68-66-64-62-60-58-56-54-52-50-48-46-44-34-32-30-28-26-24-22-20-18-16-14-12-10-8-6-4-2/h5,7,11,13,17,19,23,25,29,31,35-36,38-39,41-42,45,47,51,53,75-76,79-80H,3-4,6,8-10,12,14-16,18,20-22,24,26-28,30,32-34,37,40,43-44,46,48-50,52,54-74H2,1-2H3,(H,78,81)/b7-5-,13-11-,19-17-,25-23-,31-29-,36-35-,39-38-,42-41-,47-45-,53-51-. The van der Waals surface area contributed by atoms with Gasteiger partial charge in [-0.1, -0.05) is 367 Å². The van der Waals surface area contributed by atoms with E-state index in [0.29, 0.717) is 12.8 Å². The lowest BCUT2D eigenvalue weighted by atomic mass is 10.0. The molecule has 0 fully saturated rings. The zero-order valence-electron chi connectivity index (χ0n) is 53.8. The minimum absolute atomic E-state index is 0.0402. The number of carbonyl (C=O) groups is 1. The Kier molecular flexibility index (Phi) is 68.2. The molecule has 0 heterocycles. The minimum atomic E-state index is -0.673. The second-order valence-electron chi connectivity index (χ2n) is 23.6. The first-order chi connectivity index (χ1) is 40.2. The summed E-state index contributed by atoms with van der Waals surface area (Å²) < 4.78 is 0. The highest BCUT2D eigenvalue weighted by atomic mass is 16.3. The highest BCUT2D eigenvalue weighted by Crippen LogP contribution is 2.18. The third-order valence-corrected chi connectivity index (χ3v) is 15.7. The first kappa shape index (κ1) is 77.8. The highest BCUT2D eigenvalue weighted by Gasteiger charge is 2.20. The fourth-order valence-corrected chi connectivity index (χ4v) is 10.5. The van der Waals surface area contributed by atoms with E-state index in [2.05, 4.69) is 141 Å². The van der Waals surface area contributed by atoms with E-state index < -0.39 is 12.1 Å². The second kappa shape index (κ2) is 71.1. The van der Waals surface area contributed by atoms with Crippen molar-refractivity contribution in [2.75, 3.05) is 6.61 Å². The van der Waals surface area contributed by atoms with Crippen LogP contribution in [0.1, 0.15) is 341 Å². The van der Waals surface area contributed by atoms with Gasteiger partial charge in [-0.2, -0.15) is 0 Å². The van der Waals surface area contributed by atoms with Gasteiger partial charge in [0.1, 0.15) is 0 Å². The Morgan fingerprint density at radius 3 is 0.815 bits per heavy atom. The first-order valence-corrected chi connectivity index (χ1v) is 35.2. The topological polar surface area (TPSA) is 69.6 Å². The van der Waals surface area contributed by atoms with Crippen LogP contribution in [0.4, 0.5) is 0 Å². The maximum absolute atomic E-state index is 12.6. The van der Waals surface area contributed by atoms with Crippen molar-refractivity contribution in [3.05, 3.63) is 122 Å². The molecular weight excluding hydrogens is 987 g/mol. The molecule has 466 valence electrons. The van der Waals surface area contributed by atoms with Crippen molar-refractivity contribution in [1.29, 1.82) is 0 Å². The van der Waals surface area contributed by atoms with E-state index in [1.165, 1.54) is 218 Å². The van der Waals surface area contributed by atoms with E-state index in [1.807, 2.05) is 0 Å². The van der Waals surface area contributed by atoms with Crippen LogP contribution in [0.5, 0.6) is 0 Å². The highest BCUT2D eigenvalue weighted by molar-refractivity contribution is 5.76. The molecule has 4 heteroatoms. The number of hydrogen-bond acceptors (Lipinski definition) is 3. The van der Waals surface area contributed by atoms with Gasteiger partial charge in [0.15, 0.2) is 0 Å². The van der Waals surface area contributed by atoms with E-state index in [9.17, 15) is 15.0 Å². The van der Waals surface area contributed by atoms with Gasteiger partial charge in [-0.05, 0) is 89.9 Å². The summed E-state index contributed by atoms with van der Waals surface area (Å²) in [5, 5.41) is 23.5. The summed E-state index contributed by atoms with van der Waals surface area (Å²) in [6.07, 6.45) is 108. The van der Waals surface area contributed by atoms with Crippen LogP contribution < -0.4 is 5.32 Å². The van der Waals surface area contributed by atoms with Gasteiger partial charge in [0.2, 0.25) is 5.91 Å². The molecule has 0 aromatic carbocycles. The van der Waals surface area contributed by atoms with Crippen LogP contribution in [0.15, 0.2) is 122 Å². The van der Waals surface area contributed by atoms with E-state index in [-0.39, 0.29) is 12.5 Å². The molecule has 0 rings (SSSR count). The number of unbranched alkanes of at least 4 members (excludes halogenated alkanes) is 37. The van der Waals surface area contributed by atoms with Crippen molar-refractivity contribution >= 4 is 5.91 Å². The molecule has 0 aliphatic carbocycles. The van der Waals surface area contributed by atoms with Gasteiger partial charge in [-0.15, -0.1) is 0 Å². The molecule has 0 radical (unpaired) electrons. The lowest BCUT2D eigenvalue weighted by Gasteiger charge is -2.22. The molecule has 0 aromatic heterocycles. The zero-order chi connectivity index (χ0) is 58.4. The molecule has 3 N–H and O–H groups in total. The van der Waals surface area contributed by atoms with E-state index >= 15 is 0 Å². The van der Waals surface area contributed by atoms with E-state index in [4.69, 9.17) is 0 Å². The molecule has 0 spiro atoms. The fourth-order valence-electron chi connectivity index (χ4n) is 10.5. The molecule has 4 nitrogen and oxygen atoms in total. The molecule has 0 aliphatic heterocycles. The number of allylic oxidation sites excluding steroid dienone is 20. The summed E-state index contributed by atoms with van der Waals surface area (Å²) in [5.74, 6) is -0.0402. The van der Waals surface area contributed by atoms with Crippen LogP contribution in [0, 0.1) is 0 Å². The van der Waals surface area contributed by atoms with Gasteiger partial charge in [0.05, 0.1) is 18.8 Å². The van der Waals surface area contributed by atoms with Gasteiger partial charge in [-0.3, -0.25) is 4.79 Å². The lowest BCUT2D eigenvalue weighted by molar-refractivity contribution is -0.123. The van der Waals surface area contributed by atoms with Crippen LogP contribution in [-0.4, -0.2) is 34.9 Å². The number of carbonyl (C=O) groups excluding carboxylic acids is 1. The first-order valence-electron chi connectivity index (χ1n) is 35.2. The van der Waals surface area contributed by atoms with Crippen LogP contribution in [0.25, 0.3) is 0 Å². The molecular formula is C77H135NO3. The summed E-state index contributed by atoms with van der Waals surface area (Å²) in [5.41, 5.74) is 0. The number of amides is 1. The SMILES string of the molecule is CC/C=C\C/C=C\C/C=C\C/C=C\C/C=C\C/C=C\C/C=C\C/C=C\C/C=C\C/C=C\CCCCCCCCCCC(=O)NC(CO)C(O)CCCCCCCCCCCCCCCCCCCCCCCCCCCCCCCC. The van der Waals surface area contributed by atoms with Crippen LogP contribution in [0.3, 0.4) is 0 Å². The smallest absolute Gasteiger partial charge is 0.220 e. The minimum Gasteiger partial charge on any atom is -0.394 e. The average molecular weight is 1120 g/mol. The van der Waals surface area contributed by atoms with Crippen molar-refractivity contribution in [2.24, 2.45) is 0 Å². The van der Waals surface area contributed by atoms with Gasteiger partial charge < -0.3 is 15.5 Å². The third-order valence-electron chi connectivity index (χ3n) is 15.7. The quantitative estimate of drug-likeness (QED) is 0.0420. The summed E-state index contributed by atoms with van der Waals surface area (Å²) >= 11 is 0. The summed E-state index contributed by atoms with van der Waals surface area (Å²) in [4.78, 5) is 12.6. The van der Waals surface area contributed by atoms with Gasteiger partial charge in [-0.25, -0.2) is 0 Å². The zero-order valence-corrected chi connectivity index (χ0v) is 53.8. The molecule has 0 aliphatic rings. The van der Waals surface area contributed by atoms with Crippen LogP contribution in [-0.2, 0) is 4.79 Å². The predicted octanol–water partition coefficient (Wildman–Crippen LogP) is 24.3. The Balaban J connectivity index is 3.53. The molecule has 2 atom stereocenters.